The van der Waals surface area contributed by atoms with Gasteiger partial charge in [-0.05, 0) is 34.0 Å². The lowest BCUT2D eigenvalue weighted by molar-refractivity contribution is -0.119. The van der Waals surface area contributed by atoms with Crippen molar-refractivity contribution in [1.29, 1.82) is 0 Å². The van der Waals surface area contributed by atoms with Gasteiger partial charge in [0.1, 0.15) is 6.04 Å². The van der Waals surface area contributed by atoms with Crippen molar-refractivity contribution in [3.8, 4) is 0 Å². The highest BCUT2D eigenvalue weighted by Crippen LogP contribution is 2.23. The van der Waals surface area contributed by atoms with Crippen LogP contribution in [0.3, 0.4) is 0 Å². The molecule has 0 heterocycles. The first-order chi connectivity index (χ1) is 7.02. The van der Waals surface area contributed by atoms with Crippen LogP contribution in [-0.4, -0.2) is 11.9 Å². The predicted molar refractivity (Wildman–Crippen MR) is 65.6 cm³/mol. The SMILES string of the molecule is CC(C)C(Nc1ccccc1Br)C(N)=O. The van der Waals surface area contributed by atoms with E-state index in [9.17, 15) is 4.79 Å². The number of hydrogen-bond acceptors (Lipinski definition) is 2. The van der Waals surface area contributed by atoms with Crippen molar-refractivity contribution in [2.45, 2.75) is 19.9 Å². The summed E-state index contributed by atoms with van der Waals surface area (Å²) in [5.41, 5.74) is 6.20. The number of amides is 1. The largest absolute Gasteiger partial charge is 0.373 e. The van der Waals surface area contributed by atoms with E-state index in [-0.39, 0.29) is 17.9 Å². The summed E-state index contributed by atoms with van der Waals surface area (Å²) in [6.45, 7) is 3.92. The fourth-order valence-electron chi connectivity index (χ4n) is 1.31. The second kappa shape index (κ2) is 5.16. The molecule has 1 aromatic rings. The van der Waals surface area contributed by atoms with E-state index in [1.807, 2.05) is 38.1 Å². The van der Waals surface area contributed by atoms with Crippen LogP contribution in [0.5, 0.6) is 0 Å². The molecule has 3 N–H and O–H groups in total. The molecule has 1 amide bonds. The Kier molecular flexibility index (Phi) is 4.15. The maximum atomic E-state index is 11.2. The van der Waals surface area contributed by atoms with Gasteiger partial charge in [0.25, 0.3) is 0 Å². The van der Waals surface area contributed by atoms with Crippen LogP contribution in [0.25, 0.3) is 0 Å². The Bertz CT molecular complexity index is 352. The minimum absolute atomic E-state index is 0.162. The van der Waals surface area contributed by atoms with Gasteiger partial charge in [-0.25, -0.2) is 0 Å². The number of benzene rings is 1. The van der Waals surface area contributed by atoms with Crippen molar-refractivity contribution in [1.82, 2.24) is 0 Å². The molecular weight excluding hydrogens is 256 g/mol. The van der Waals surface area contributed by atoms with Crippen molar-refractivity contribution < 1.29 is 4.79 Å². The fourth-order valence-corrected chi connectivity index (χ4v) is 1.71. The lowest BCUT2D eigenvalue weighted by Gasteiger charge is -2.20. The van der Waals surface area contributed by atoms with Gasteiger partial charge in [0, 0.05) is 10.2 Å². The second-order valence-corrected chi connectivity index (χ2v) is 4.60. The van der Waals surface area contributed by atoms with Gasteiger partial charge in [-0.3, -0.25) is 4.79 Å². The van der Waals surface area contributed by atoms with E-state index in [4.69, 9.17) is 5.73 Å². The van der Waals surface area contributed by atoms with E-state index in [0.29, 0.717) is 0 Å². The van der Waals surface area contributed by atoms with E-state index >= 15 is 0 Å². The summed E-state index contributed by atoms with van der Waals surface area (Å²) in [7, 11) is 0. The first-order valence-corrected chi connectivity index (χ1v) is 5.62. The van der Waals surface area contributed by atoms with Gasteiger partial charge in [0.15, 0.2) is 0 Å². The zero-order valence-corrected chi connectivity index (χ0v) is 10.4. The Labute approximate surface area is 98.2 Å². The standard InChI is InChI=1S/C11H15BrN2O/c1-7(2)10(11(13)15)14-9-6-4-3-5-8(9)12/h3-7,10,14H,1-2H3,(H2,13,15). The minimum Gasteiger partial charge on any atom is -0.373 e. The lowest BCUT2D eigenvalue weighted by Crippen LogP contribution is -2.39. The molecule has 0 aromatic heterocycles. The highest BCUT2D eigenvalue weighted by Gasteiger charge is 2.19. The Hall–Kier alpha value is -1.03. The number of para-hydroxylation sites is 1. The summed E-state index contributed by atoms with van der Waals surface area (Å²) < 4.78 is 0.928. The summed E-state index contributed by atoms with van der Waals surface area (Å²) in [5, 5.41) is 3.12. The minimum atomic E-state index is -0.344. The molecule has 0 aliphatic rings. The first-order valence-electron chi connectivity index (χ1n) is 4.82. The summed E-state index contributed by atoms with van der Waals surface area (Å²) in [6, 6.07) is 7.31. The average molecular weight is 271 g/mol. The molecule has 0 saturated heterocycles. The normalized spacial score (nSPS) is 12.5. The Balaban J connectivity index is 2.84. The molecule has 1 aromatic carbocycles. The molecule has 0 radical (unpaired) electrons. The van der Waals surface area contributed by atoms with Crippen LogP contribution in [0, 0.1) is 5.92 Å². The topological polar surface area (TPSA) is 55.1 Å². The Morgan fingerprint density at radius 3 is 2.47 bits per heavy atom. The number of nitrogens with one attached hydrogen (secondary N) is 1. The van der Waals surface area contributed by atoms with Crippen LogP contribution in [0.15, 0.2) is 28.7 Å². The molecular formula is C11H15BrN2O. The lowest BCUT2D eigenvalue weighted by atomic mass is 10.0. The second-order valence-electron chi connectivity index (χ2n) is 3.75. The van der Waals surface area contributed by atoms with Crippen LogP contribution in [0.1, 0.15) is 13.8 Å². The molecule has 0 spiro atoms. The summed E-state index contributed by atoms with van der Waals surface area (Å²) in [4.78, 5) is 11.2. The van der Waals surface area contributed by atoms with E-state index in [1.165, 1.54) is 0 Å². The van der Waals surface area contributed by atoms with Gasteiger partial charge < -0.3 is 11.1 Å². The van der Waals surface area contributed by atoms with Crippen LogP contribution < -0.4 is 11.1 Å². The molecule has 0 fully saturated rings. The average Bonchev–Trinajstić information content (AvgIpc) is 2.15. The third kappa shape index (κ3) is 3.23. The van der Waals surface area contributed by atoms with Crippen molar-refractivity contribution in [2.24, 2.45) is 11.7 Å². The van der Waals surface area contributed by atoms with Crippen molar-refractivity contribution in [3.05, 3.63) is 28.7 Å². The van der Waals surface area contributed by atoms with Crippen LogP contribution in [0.2, 0.25) is 0 Å². The molecule has 1 unspecified atom stereocenters. The number of hydrogen-bond donors (Lipinski definition) is 2. The smallest absolute Gasteiger partial charge is 0.240 e. The number of halogens is 1. The zero-order chi connectivity index (χ0) is 11.4. The number of nitrogens with two attached hydrogens (primary N) is 1. The maximum absolute atomic E-state index is 11.2. The third-order valence-corrected chi connectivity index (χ3v) is 2.85. The van der Waals surface area contributed by atoms with Gasteiger partial charge in [-0.2, -0.15) is 0 Å². The maximum Gasteiger partial charge on any atom is 0.240 e. The highest BCUT2D eigenvalue weighted by atomic mass is 79.9. The zero-order valence-electron chi connectivity index (χ0n) is 8.83. The molecule has 0 aliphatic carbocycles. The summed E-state index contributed by atoms with van der Waals surface area (Å²) in [5.74, 6) is -0.171. The molecule has 1 atom stereocenters. The molecule has 1 rings (SSSR count). The summed E-state index contributed by atoms with van der Waals surface area (Å²) in [6.07, 6.45) is 0. The molecule has 0 saturated carbocycles. The number of carbonyl (C=O) groups is 1. The van der Waals surface area contributed by atoms with Crippen molar-refractivity contribution in [3.63, 3.8) is 0 Å². The van der Waals surface area contributed by atoms with E-state index in [2.05, 4.69) is 21.2 Å². The number of rotatable bonds is 4. The number of primary amides is 1. The van der Waals surface area contributed by atoms with Crippen LogP contribution in [-0.2, 0) is 4.79 Å². The van der Waals surface area contributed by atoms with Gasteiger partial charge in [-0.15, -0.1) is 0 Å². The van der Waals surface area contributed by atoms with Gasteiger partial charge in [-0.1, -0.05) is 26.0 Å². The van der Waals surface area contributed by atoms with Crippen LogP contribution >= 0.6 is 15.9 Å². The summed E-state index contributed by atoms with van der Waals surface area (Å²) >= 11 is 3.41. The molecule has 4 heteroatoms. The molecule has 3 nitrogen and oxygen atoms in total. The third-order valence-electron chi connectivity index (χ3n) is 2.16. The van der Waals surface area contributed by atoms with E-state index in [1.54, 1.807) is 0 Å². The monoisotopic (exact) mass is 270 g/mol. The quantitative estimate of drug-likeness (QED) is 0.883. The van der Waals surface area contributed by atoms with E-state index in [0.717, 1.165) is 10.2 Å². The van der Waals surface area contributed by atoms with Crippen molar-refractivity contribution >= 4 is 27.5 Å². The Morgan fingerprint density at radius 2 is 2.00 bits per heavy atom. The fraction of sp³-hybridized carbons (Fsp3) is 0.364. The number of carbonyl (C=O) groups excluding carboxylic acids is 1. The van der Waals surface area contributed by atoms with Gasteiger partial charge in [0.2, 0.25) is 5.91 Å². The van der Waals surface area contributed by atoms with Gasteiger partial charge >= 0.3 is 0 Å². The highest BCUT2D eigenvalue weighted by molar-refractivity contribution is 9.10. The van der Waals surface area contributed by atoms with Crippen molar-refractivity contribution in [2.75, 3.05) is 5.32 Å². The molecule has 15 heavy (non-hydrogen) atoms. The van der Waals surface area contributed by atoms with E-state index < -0.39 is 0 Å². The molecule has 0 bridgehead atoms. The molecule has 82 valence electrons. The molecule has 0 aliphatic heterocycles. The predicted octanol–water partition coefficient (Wildman–Crippen LogP) is 2.37. The number of anilines is 1. The van der Waals surface area contributed by atoms with Gasteiger partial charge in [0.05, 0.1) is 0 Å². The Morgan fingerprint density at radius 1 is 1.40 bits per heavy atom. The van der Waals surface area contributed by atoms with Crippen LogP contribution in [0.4, 0.5) is 5.69 Å². The first kappa shape index (κ1) is 12.0.